The molecule has 0 unspecified atom stereocenters. The molecule has 0 radical (unpaired) electrons. The van der Waals surface area contributed by atoms with Crippen LogP contribution in [-0.4, -0.2) is 46.2 Å². The number of carbonyl (C=O) groups excluding carboxylic acids is 1. The molecule has 0 atom stereocenters. The lowest BCUT2D eigenvalue weighted by atomic mass is 10.1. The van der Waals surface area contributed by atoms with Crippen molar-refractivity contribution < 1.29 is 9.53 Å². The fourth-order valence-electron chi connectivity index (χ4n) is 1.91. The molecule has 0 saturated heterocycles. The maximum absolute atomic E-state index is 11.9. The van der Waals surface area contributed by atoms with Crippen molar-refractivity contribution in [1.29, 1.82) is 0 Å². The van der Waals surface area contributed by atoms with Crippen molar-refractivity contribution in [2.75, 3.05) is 20.2 Å². The molecular formula is C14H18N4O2. The summed E-state index contributed by atoms with van der Waals surface area (Å²) in [5.74, 6) is 0.855. The number of aromatic amines is 1. The normalized spacial score (nSPS) is 10.3. The zero-order valence-electron chi connectivity index (χ0n) is 11.9. The number of hydrogen-bond acceptors (Lipinski definition) is 4. The van der Waals surface area contributed by atoms with Gasteiger partial charge in [0.25, 0.3) is 5.91 Å². The van der Waals surface area contributed by atoms with Crippen LogP contribution in [0.4, 0.5) is 0 Å². The quantitative estimate of drug-likeness (QED) is 0.898. The van der Waals surface area contributed by atoms with Gasteiger partial charge in [-0.25, -0.2) is 4.98 Å². The van der Waals surface area contributed by atoms with Gasteiger partial charge in [0.15, 0.2) is 0 Å². The van der Waals surface area contributed by atoms with Crippen LogP contribution in [0.1, 0.15) is 21.7 Å². The van der Waals surface area contributed by atoms with Crippen LogP contribution in [0.25, 0.3) is 0 Å². The molecule has 20 heavy (non-hydrogen) atoms. The summed E-state index contributed by atoms with van der Waals surface area (Å²) in [6.07, 6.45) is 1.31. The van der Waals surface area contributed by atoms with E-state index in [-0.39, 0.29) is 11.7 Å². The summed E-state index contributed by atoms with van der Waals surface area (Å²) in [6.45, 7) is 4.96. The minimum atomic E-state index is -0.202. The second-order valence-corrected chi connectivity index (χ2v) is 4.73. The molecule has 1 amide bonds. The first-order valence-corrected chi connectivity index (χ1v) is 6.38. The minimum Gasteiger partial charge on any atom is -0.492 e. The van der Waals surface area contributed by atoms with Gasteiger partial charge in [0, 0.05) is 7.05 Å². The smallest absolute Gasteiger partial charge is 0.291 e. The molecule has 0 aliphatic carbocycles. The summed E-state index contributed by atoms with van der Waals surface area (Å²) in [4.78, 5) is 17.3. The van der Waals surface area contributed by atoms with Crippen LogP contribution >= 0.6 is 0 Å². The lowest BCUT2D eigenvalue weighted by molar-refractivity contribution is 0.0762. The number of aromatic nitrogens is 3. The number of H-pyrrole nitrogens is 1. The van der Waals surface area contributed by atoms with Crippen LogP contribution in [-0.2, 0) is 0 Å². The number of amides is 1. The summed E-state index contributed by atoms with van der Waals surface area (Å²) in [6, 6.07) is 6.04. The van der Waals surface area contributed by atoms with Crippen molar-refractivity contribution >= 4 is 5.91 Å². The number of benzene rings is 1. The van der Waals surface area contributed by atoms with E-state index in [4.69, 9.17) is 4.74 Å². The molecule has 0 aliphatic heterocycles. The molecule has 6 nitrogen and oxygen atoms in total. The molecule has 2 rings (SSSR count). The number of hydrogen-bond donors (Lipinski definition) is 1. The molecule has 106 valence electrons. The Balaban J connectivity index is 1.85. The van der Waals surface area contributed by atoms with E-state index < -0.39 is 0 Å². The van der Waals surface area contributed by atoms with Crippen molar-refractivity contribution in [2.24, 2.45) is 0 Å². The van der Waals surface area contributed by atoms with Gasteiger partial charge in [-0.2, -0.15) is 5.10 Å². The average Bonchev–Trinajstić information content (AvgIpc) is 2.90. The van der Waals surface area contributed by atoms with Crippen LogP contribution in [0.2, 0.25) is 0 Å². The fourth-order valence-corrected chi connectivity index (χ4v) is 1.91. The number of aryl methyl sites for hydroxylation is 2. The summed E-state index contributed by atoms with van der Waals surface area (Å²) < 4.78 is 5.67. The Kier molecular flexibility index (Phi) is 4.34. The van der Waals surface area contributed by atoms with Gasteiger partial charge < -0.3 is 9.64 Å². The Morgan fingerprint density at radius 3 is 2.60 bits per heavy atom. The van der Waals surface area contributed by atoms with Crippen LogP contribution in [0.15, 0.2) is 24.5 Å². The highest BCUT2D eigenvalue weighted by Gasteiger charge is 2.14. The van der Waals surface area contributed by atoms with E-state index in [1.54, 1.807) is 11.9 Å². The standard InChI is InChI=1S/C14H18N4O2/c1-10-6-11(2)8-12(7-10)20-5-4-18(3)14(19)13-15-9-16-17-13/h6-9H,4-5H2,1-3H3,(H,15,16,17). The van der Waals surface area contributed by atoms with E-state index in [0.717, 1.165) is 16.9 Å². The largest absolute Gasteiger partial charge is 0.492 e. The zero-order valence-corrected chi connectivity index (χ0v) is 11.9. The van der Waals surface area contributed by atoms with Gasteiger partial charge in [0.05, 0.1) is 6.54 Å². The fraction of sp³-hybridized carbons (Fsp3) is 0.357. The molecule has 1 heterocycles. The summed E-state index contributed by atoms with van der Waals surface area (Å²) in [5, 5.41) is 6.21. The summed E-state index contributed by atoms with van der Waals surface area (Å²) >= 11 is 0. The van der Waals surface area contributed by atoms with E-state index in [2.05, 4.69) is 21.2 Å². The maximum atomic E-state index is 11.9. The second kappa shape index (κ2) is 6.18. The van der Waals surface area contributed by atoms with Gasteiger partial charge in [-0.1, -0.05) is 6.07 Å². The molecular weight excluding hydrogens is 256 g/mol. The van der Waals surface area contributed by atoms with Crippen LogP contribution in [0.5, 0.6) is 5.75 Å². The number of likely N-dealkylation sites (N-methyl/N-ethyl adjacent to an activating group) is 1. The molecule has 0 fully saturated rings. The van der Waals surface area contributed by atoms with E-state index in [1.807, 2.05) is 26.0 Å². The number of ether oxygens (including phenoxy) is 1. The van der Waals surface area contributed by atoms with Gasteiger partial charge in [0.2, 0.25) is 5.82 Å². The highest BCUT2D eigenvalue weighted by molar-refractivity contribution is 5.90. The number of carbonyl (C=O) groups is 1. The molecule has 0 bridgehead atoms. The van der Waals surface area contributed by atoms with Crippen LogP contribution < -0.4 is 4.74 Å². The predicted molar refractivity (Wildman–Crippen MR) is 74.8 cm³/mol. The van der Waals surface area contributed by atoms with Crippen molar-refractivity contribution in [1.82, 2.24) is 20.1 Å². The highest BCUT2D eigenvalue weighted by atomic mass is 16.5. The van der Waals surface area contributed by atoms with Crippen LogP contribution in [0.3, 0.4) is 0 Å². The van der Waals surface area contributed by atoms with Crippen molar-refractivity contribution in [3.63, 3.8) is 0 Å². The van der Waals surface area contributed by atoms with E-state index in [9.17, 15) is 4.79 Å². The SMILES string of the molecule is Cc1cc(C)cc(OCCN(C)C(=O)c2ncn[nH]2)c1. The van der Waals surface area contributed by atoms with Gasteiger partial charge in [-0.05, 0) is 37.1 Å². The molecule has 1 aromatic carbocycles. The van der Waals surface area contributed by atoms with Crippen molar-refractivity contribution in [3.8, 4) is 5.75 Å². The molecule has 2 aromatic rings. The highest BCUT2D eigenvalue weighted by Crippen LogP contribution is 2.16. The maximum Gasteiger partial charge on any atom is 0.291 e. The lowest BCUT2D eigenvalue weighted by Crippen LogP contribution is -2.31. The van der Waals surface area contributed by atoms with Gasteiger partial charge in [-0.15, -0.1) is 0 Å². The second-order valence-electron chi connectivity index (χ2n) is 4.73. The molecule has 6 heteroatoms. The topological polar surface area (TPSA) is 71.1 Å². The van der Waals surface area contributed by atoms with E-state index >= 15 is 0 Å². The molecule has 1 N–H and O–H groups in total. The molecule has 0 saturated carbocycles. The van der Waals surface area contributed by atoms with Gasteiger partial charge in [-0.3, -0.25) is 9.89 Å². The monoisotopic (exact) mass is 274 g/mol. The van der Waals surface area contributed by atoms with Gasteiger partial charge in [0.1, 0.15) is 18.7 Å². The average molecular weight is 274 g/mol. The summed E-state index contributed by atoms with van der Waals surface area (Å²) in [7, 11) is 1.70. The zero-order chi connectivity index (χ0) is 14.5. The van der Waals surface area contributed by atoms with E-state index in [1.165, 1.54) is 6.33 Å². The number of nitrogens with one attached hydrogen (secondary N) is 1. The van der Waals surface area contributed by atoms with E-state index in [0.29, 0.717) is 13.2 Å². The Labute approximate surface area is 117 Å². The number of nitrogens with zero attached hydrogens (tertiary/aromatic N) is 3. The Bertz CT molecular complexity index is 561. The molecule has 0 aliphatic rings. The Morgan fingerprint density at radius 2 is 2.00 bits per heavy atom. The first-order valence-electron chi connectivity index (χ1n) is 6.38. The molecule has 1 aromatic heterocycles. The van der Waals surface area contributed by atoms with Crippen LogP contribution in [0, 0.1) is 13.8 Å². The first-order chi connectivity index (χ1) is 9.56. The number of rotatable bonds is 5. The third kappa shape index (κ3) is 3.57. The summed E-state index contributed by atoms with van der Waals surface area (Å²) in [5.41, 5.74) is 2.32. The molecule has 0 spiro atoms. The first kappa shape index (κ1) is 14.0. The Morgan fingerprint density at radius 1 is 1.30 bits per heavy atom. The predicted octanol–water partition coefficient (Wildman–Crippen LogP) is 1.57. The Hall–Kier alpha value is -2.37. The minimum absolute atomic E-state index is 0.202. The van der Waals surface area contributed by atoms with Crippen molar-refractivity contribution in [2.45, 2.75) is 13.8 Å². The third-order valence-electron chi connectivity index (χ3n) is 2.85. The lowest BCUT2D eigenvalue weighted by Gasteiger charge is -2.16. The van der Waals surface area contributed by atoms with Gasteiger partial charge >= 0.3 is 0 Å². The van der Waals surface area contributed by atoms with Crippen molar-refractivity contribution in [3.05, 3.63) is 41.5 Å². The third-order valence-corrected chi connectivity index (χ3v) is 2.85.